The van der Waals surface area contributed by atoms with Crippen molar-refractivity contribution in [1.82, 2.24) is 0 Å². The van der Waals surface area contributed by atoms with Gasteiger partial charge in [-0.25, -0.2) is 0 Å². The first-order valence-corrected chi connectivity index (χ1v) is 8.85. The Morgan fingerprint density at radius 2 is 1.33 bits per heavy atom. The van der Waals surface area contributed by atoms with E-state index in [2.05, 4.69) is 46.6 Å². The first kappa shape index (κ1) is 28.2. The minimum atomic E-state index is 1.11. The molecule has 0 fully saturated rings. The van der Waals surface area contributed by atoms with Crippen LogP contribution in [0.4, 0.5) is 0 Å². The van der Waals surface area contributed by atoms with Gasteiger partial charge in [-0.2, -0.15) is 0 Å². The second kappa shape index (κ2) is 31.4. The molecule has 0 aliphatic heterocycles. The van der Waals surface area contributed by atoms with Crippen molar-refractivity contribution in [2.24, 2.45) is 0 Å². The maximum atomic E-state index is 3.75. The molecule has 0 aromatic heterocycles. The van der Waals surface area contributed by atoms with Gasteiger partial charge >= 0.3 is 0 Å². The van der Waals surface area contributed by atoms with E-state index in [-0.39, 0.29) is 0 Å². The first-order valence-electron chi connectivity index (χ1n) is 8.85. The van der Waals surface area contributed by atoms with Crippen LogP contribution < -0.4 is 0 Å². The smallest absolute Gasteiger partial charge is 0.0171 e. The van der Waals surface area contributed by atoms with E-state index in [1.807, 2.05) is 39.8 Å². The minimum absolute atomic E-state index is 1.11. The standard InChI is InChI=1S/C12H18.C5H12.2C2H6/c1-5-8-10-12(9-6-2)11(4)7-3;1-3-5-4-2;2*1-2/h7,9H,2-3,5,8,10H2,1,4H3;3-5H2,1-2H3;2*1-2H3/b12-11+;;;. The van der Waals surface area contributed by atoms with Crippen LogP contribution in [0.2, 0.25) is 0 Å². The zero-order chi connectivity index (χ0) is 17.5. The number of rotatable bonds is 7. The second-order valence-electron chi connectivity index (χ2n) is 4.22. The summed E-state index contributed by atoms with van der Waals surface area (Å²) in [5, 5.41) is 0. The van der Waals surface area contributed by atoms with Crippen LogP contribution in [-0.4, -0.2) is 0 Å². The second-order valence-corrected chi connectivity index (χ2v) is 4.22. The molecule has 21 heavy (non-hydrogen) atoms. The Hall–Kier alpha value is -1.00. The zero-order valence-corrected chi connectivity index (χ0v) is 16.3. The van der Waals surface area contributed by atoms with Crippen LogP contribution in [0.15, 0.2) is 42.2 Å². The molecule has 0 atom stereocenters. The lowest BCUT2D eigenvalue weighted by molar-refractivity contribution is 0.772. The van der Waals surface area contributed by atoms with Gasteiger partial charge in [0.05, 0.1) is 0 Å². The van der Waals surface area contributed by atoms with Crippen LogP contribution in [0.1, 0.15) is 93.9 Å². The van der Waals surface area contributed by atoms with Gasteiger partial charge in [0.25, 0.3) is 0 Å². The van der Waals surface area contributed by atoms with Crippen molar-refractivity contribution in [2.75, 3.05) is 0 Å². The molecule has 0 aromatic carbocycles. The normalized spacial score (nSPS) is 9.14. The average molecular weight is 295 g/mol. The quantitative estimate of drug-likeness (QED) is 0.327. The molecule has 126 valence electrons. The number of hydrogen-bond acceptors (Lipinski definition) is 0. The summed E-state index contributed by atoms with van der Waals surface area (Å²) in [5.41, 5.74) is 5.35. The van der Waals surface area contributed by atoms with E-state index in [4.69, 9.17) is 0 Å². The third-order valence-electron chi connectivity index (χ3n) is 2.60. The van der Waals surface area contributed by atoms with Gasteiger partial charge in [-0.1, -0.05) is 93.4 Å². The minimum Gasteiger partial charge on any atom is -0.128 e. The van der Waals surface area contributed by atoms with Gasteiger partial charge in [-0.15, -0.1) is 5.73 Å². The molecule has 0 rings (SSSR count). The Labute approximate surface area is 136 Å². The third kappa shape index (κ3) is 28.0. The molecule has 0 nitrogen and oxygen atoms in total. The number of unbranched alkanes of at least 4 members (excludes halogenated alkanes) is 3. The monoisotopic (exact) mass is 294 g/mol. The van der Waals surface area contributed by atoms with E-state index in [9.17, 15) is 0 Å². The van der Waals surface area contributed by atoms with Gasteiger partial charge in [0.1, 0.15) is 0 Å². The average Bonchev–Trinajstić information content (AvgIpc) is 2.56. The largest absolute Gasteiger partial charge is 0.128 e. The Kier molecular flexibility index (Phi) is 42.2. The Morgan fingerprint density at radius 1 is 0.905 bits per heavy atom. The van der Waals surface area contributed by atoms with Crippen LogP contribution in [0.3, 0.4) is 0 Å². The van der Waals surface area contributed by atoms with Crippen LogP contribution in [0.25, 0.3) is 0 Å². The SMILES string of the molecule is C=C=C/C(CCCC)=C(/C)C=C.CC.CC.CCCCC. The summed E-state index contributed by atoms with van der Waals surface area (Å²) in [5.74, 6) is 0. The van der Waals surface area contributed by atoms with Gasteiger partial charge in [-0.3, -0.25) is 0 Å². The van der Waals surface area contributed by atoms with Gasteiger partial charge in [0, 0.05) is 0 Å². The molecule has 0 spiro atoms. The zero-order valence-electron chi connectivity index (χ0n) is 16.3. The summed E-state index contributed by atoms with van der Waals surface area (Å²) in [6.07, 6.45) is 11.5. The van der Waals surface area contributed by atoms with Crippen molar-refractivity contribution < 1.29 is 0 Å². The van der Waals surface area contributed by atoms with E-state index in [0.717, 1.165) is 6.42 Å². The lowest BCUT2D eigenvalue weighted by Gasteiger charge is -2.02. The maximum Gasteiger partial charge on any atom is -0.0171 e. The molecular weight excluding hydrogens is 252 g/mol. The van der Waals surface area contributed by atoms with Crippen LogP contribution in [-0.2, 0) is 0 Å². The molecule has 0 radical (unpaired) electrons. The van der Waals surface area contributed by atoms with E-state index >= 15 is 0 Å². The molecule has 0 aliphatic rings. The lowest BCUT2D eigenvalue weighted by Crippen LogP contribution is -1.83. The predicted molar refractivity (Wildman–Crippen MR) is 104 cm³/mol. The van der Waals surface area contributed by atoms with Crippen LogP contribution in [0.5, 0.6) is 0 Å². The van der Waals surface area contributed by atoms with Crippen molar-refractivity contribution in [3.05, 3.63) is 42.2 Å². The summed E-state index contributed by atoms with van der Waals surface area (Å²) in [6.45, 7) is 24.0. The molecule has 0 saturated carbocycles. The highest BCUT2D eigenvalue weighted by Crippen LogP contribution is 2.14. The molecule has 0 aliphatic carbocycles. The summed E-state index contributed by atoms with van der Waals surface area (Å²) < 4.78 is 0. The first-order chi connectivity index (χ1) is 10.2. The van der Waals surface area contributed by atoms with Crippen molar-refractivity contribution in [1.29, 1.82) is 0 Å². The van der Waals surface area contributed by atoms with Gasteiger partial charge in [0.2, 0.25) is 0 Å². The van der Waals surface area contributed by atoms with Crippen molar-refractivity contribution in [3.8, 4) is 0 Å². The third-order valence-corrected chi connectivity index (χ3v) is 2.60. The Balaban J connectivity index is -0.000000134. The predicted octanol–water partition coefficient (Wildman–Crippen LogP) is 8.27. The topological polar surface area (TPSA) is 0 Å². The highest BCUT2D eigenvalue weighted by molar-refractivity contribution is 5.30. The van der Waals surface area contributed by atoms with Gasteiger partial charge in [-0.05, 0) is 37.0 Å². The van der Waals surface area contributed by atoms with Crippen molar-refractivity contribution >= 4 is 0 Å². The van der Waals surface area contributed by atoms with Crippen molar-refractivity contribution in [2.45, 2.75) is 93.9 Å². The fourth-order valence-electron chi connectivity index (χ4n) is 1.36. The fourth-order valence-corrected chi connectivity index (χ4v) is 1.36. The van der Waals surface area contributed by atoms with Crippen LogP contribution >= 0.6 is 0 Å². The van der Waals surface area contributed by atoms with Crippen LogP contribution in [0, 0.1) is 0 Å². The molecule has 0 saturated heterocycles. The number of hydrogen-bond donors (Lipinski definition) is 0. The molecular formula is C21H42. The molecule has 0 N–H and O–H groups in total. The molecule has 0 heterocycles. The fraction of sp³-hybridized carbons (Fsp3) is 0.667. The molecule has 0 bridgehead atoms. The highest BCUT2D eigenvalue weighted by Gasteiger charge is 1.94. The van der Waals surface area contributed by atoms with E-state index in [1.54, 1.807) is 0 Å². The molecule has 0 heteroatoms. The van der Waals surface area contributed by atoms with Gasteiger partial charge < -0.3 is 0 Å². The Morgan fingerprint density at radius 3 is 1.57 bits per heavy atom. The van der Waals surface area contributed by atoms with E-state index in [1.165, 1.54) is 43.3 Å². The summed E-state index contributed by atoms with van der Waals surface area (Å²) in [4.78, 5) is 0. The summed E-state index contributed by atoms with van der Waals surface area (Å²) in [7, 11) is 0. The Bertz CT molecular complexity index is 247. The summed E-state index contributed by atoms with van der Waals surface area (Å²) in [6, 6.07) is 0. The van der Waals surface area contributed by atoms with E-state index < -0.39 is 0 Å². The maximum absolute atomic E-state index is 3.75. The van der Waals surface area contributed by atoms with Gasteiger partial charge in [0.15, 0.2) is 0 Å². The lowest BCUT2D eigenvalue weighted by atomic mass is 10.0. The number of allylic oxidation sites excluding steroid dienone is 4. The van der Waals surface area contributed by atoms with E-state index in [0.29, 0.717) is 0 Å². The highest BCUT2D eigenvalue weighted by atomic mass is 14.0. The molecule has 0 aromatic rings. The summed E-state index contributed by atoms with van der Waals surface area (Å²) >= 11 is 0. The van der Waals surface area contributed by atoms with Crippen molar-refractivity contribution in [3.63, 3.8) is 0 Å². The molecule has 0 amide bonds. The molecule has 0 unspecified atom stereocenters.